The lowest BCUT2D eigenvalue weighted by Crippen LogP contribution is -2.02. The number of aromatic nitrogens is 3. The maximum Gasteiger partial charge on any atom is 0.569 e. The number of hydrogen-bond acceptors (Lipinski definition) is 6. The zero-order valence-electron chi connectivity index (χ0n) is 17.9. The van der Waals surface area contributed by atoms with Crippen molar-refractivity contribution in [2.45, 2.75) is 0 Å². The number of nitrogens with zero attached hydrogens (tertiary/aromatic N) is 3. The summed E-state index contributed by atoms with van der Waals surface area (Å²) in [5.74, 6) is 2.07. The Morgan fingerprint density at radius 1 is 0.647 bits per heavy atom. The van der Waals surface area contributed by atoms with Crippen molar-refractivity contribution in [1.82, 2.24) is 15.0 Å². The van der Waals surface area contributed by atoms with Gasteiger partial charge in [0.25, 0.3) is 0 Å². The molecule has 1 radical (unpaired) electrons. The second kappa shape index (κ2) is 8.46. The summed E-state index contributed by atoms with van der Waals surface area (Å²) >= 11 is 0. The highest BCUT2D eigenvalue weighted by Gasteiger charge is 2.20. The maximum atomic E-state index is 9.24. The van der Waals surface area contributed by atoms with Crippen LogP contribution in [-0.2, 0) is 0 Å². The highest BCUT2D eigenvalue weighted by Crippen LogP contribution is 2.40. The van der Waals surface area contributed by atoms with E-state index in [1.165, 1.54) is 0 Å². The number of fused-ring (bicyclic) bond motifs is 3. The van der Waals surface area contributed by atoms with Crippen molar-refractivity contribution in [1.29, 1.82) is 0 Å². The third-order valence-corrected chi connectivity index (χ3v) is 5.61. The van der Waals surface area contributed by atoms with E-state index in [0.29, 0.717) is 42.1 Å². The first-order valence-electron chi connectivity index (χ1n) is 10.8. The summed E-state index contributed by atoms with van der Waals surface area (Å²) in [6.07, 6.45) is 0. The van der Waals surface area contributed by atoms with Crippen LogP contribution in [0.2, 0.25) is 0 Å². The van der Waals surface area contributed by atoms with Gasteiger partial charge in [0, 0.05) is 27.5 Å². The van der Waals surface area contributed by atoms with Crippen molar-refractivity contribution in [3.8, 4) is 39.9 Å². The molecule has 0 aliphatic carbocycles. The fourth-order valence-electron chi connectivity index (χ4n) is 4.07. The van der Waals surface area contributed by atoms with Crippen LogP contribution in [0.3, 0.4) is 0 Å². The molecular weight excluding hydrogens is 425 g/mol. The van der Waals surface area contributed by atoms with Crippen LogP contribution in [-0.4, -0.2) is 27.7 Å². The van der Waals surface area contributed by atoms with E-state index >= 15 is 0 Å². The molecule has 0 atom stereocenters. The van der Waals surface area contributed by atoms with E-state index in [4.69, 9.17) is 24.0 Å². The summed E-state index contributed by atoms with van der Waals surface area (Å²) in [5.41, 5.74) is 3.78. The quantitative estimate of drug-likeness (QED) is 0.346. The van der Waals surface area contributed by atoms with E-state index in [1.807, 2.05) is 91.0 Å². The summed E-state index contributed by atoms with van der Waals surface area (Å²) in [4.78, 5) is 14.5. The van der Waals surface area contributed by atoms with Gasteiger partial charge in [-0.05, 0) is 18.2 Å². The number of rotatable bonds is 5. The van der Waals surface area contributed by atoms with Crippen molar-refractivity contribution >= 4 is 29.6 Å². The first-order chi connectivity index (χ1) is 16.8. The molecule has 0 bridgehead atoms. The summed E-state index contributed by atoms with van der Waals surface area (Å²) in [6.45, 7) is 0. The van der Waals surface area contributed by atoms with E-state index in [9.17, 15) is 5.02 Å². The summed E-state index contributed by atoms with van der Waals surface area (Å²) in [7, 11) is 0.644. The van der Waals surface area contributed by atoms with Gasteiger partial charge in [-0.15, -0.1) is 0 Å². The molecule has 0 amide bonds. The van der Waals surface area contributed by atoms with Crippen LogP contribution in [0, 0.1) is 0 Å². The van der Waals surface area contributed by atoms with Crippen LogP contribution in [0.1, 0.15) is 0 Å². The molecule has 0 fully saturated rings. The Labute approximate surface area is 195 Å². The predicted molar refractivity (Wildman–Crippen MR) is 132 cm³/mol. The van der Waals surface area contributed by atoms with Crippen LogP contribution in [0.15, 0.2) is 101 Å². The molecule has 4 aromatic carbocycles. The smallest absolute Gasteiger partial charge is 0.535 e. The van der Waals surface area contributed by atoms with Gasteiger partial charge in [-0.1, -0.05) is 78.9 Å². The SMILES string of the molecule is O[B]Oc1ccc(-c2nc(-c3ccccc3)nc(-c3ccccc3)n2)c2c1oc1ccccc12. The Morgan fingerprint density at radius 3 is 1.88 bits per heavy atom. The Balaban J connectivity index is 1.66. The highest BCUT2D eigenvalue weighted by molar-refractivity contribution is 6.19. The van der Waals surface area contributed by atoms with Gasteiger partial charge in [0.1, 0.15) is 11.3 Å². The van der Waals surface area contributed by atoms with Gasteiger partial charge < -0.3 is 14.1 Å². The van der Waals surface area contributed by atoms with Crippen molar-refractivity contribution in [3.05, 3.63) is 97.1 Å². The molecule has 0 aliphatic heterocycles. The van der Waals surface area contributed by atoms with Gasteiger partial charge in [-0.25, -0.2) is 15.0 Å². The first kappa shape index (κ1) is 20.1. The lowest BCUT2D eigenvalue weighted by molar-refractivity contribution is 0.451. The molecule has 0 aliphatic rings. The predicted octanol–water partition coefficient (Wildman–Crippen LogP) is 5.68. The molecule has 0 spiro atoms. The number of furan rings is 1. The van der Waals surface area contributed by atoms with Crippen LogP contribution >= 0.6 is 0 Å². The van der Waals surface area contributed by atoms with Crippen LogP contribution in [0.4, 0.5) is 0 Å². The topological polar surface area (TPSA) is 81.3 Å². The zero-order chi connectivity index (χ0) is 22.9. The average Bonchev–Trinajstić information content (AvgIpc) is 3.30. The Morgan fingerprint density at radius 2 is 1.24 bits per heavy atom. The van der Waals surface area contributed by atoms with E-state index < -0.39 is 0 Å². The number of para-hydroxylation sites is 1. The lowest BCUT2D eigenvalue weighted by atomic mass is 10.0. The third kappa shape index (κ3) is 3.48. The normalized spacial score (nSPS) is 11.1. The largest absolute Gasteiger partial charge is 0.569 e. The fraction of sp³-hybridized carbons (Fsp3) is 0. The molecular formula is C27H17BN3O3. The summed E-state index contributed by atoms with van der Waals surface area (Å²) in [5, 5.41) is 10.9. The van der Waals surface area contributed by atoms with Crippen molar-refractivity contribution in [2.75, 3.05) is 0 Å². The Kier molecular flexibility index (Phi) is 5.01. The molecule has 6 aromatic rings. The second-order valence-corrected chi connectivity index (χ2v) is 7.68. The van der Waals surface area contributed by atoms with Gasteiger partial charge in [-0.3, -0.25) is 0 Å². The van der Waals surface area contributed by atoms with Crippen LogP contribution < -0.4 is 4.65 Å². The lowest BCUT2D eigenvalue weighted by Gasteiger charge is -2.10. The monoisotopic (exact) mass is 442 g/mol. The van der Waals surface area contributed by atoms with E-state index in [2.05, 4.69) is 0 Å². The van der Waals surface area contributed by atoms with Crippen molar-refractivity contribution < 1.29 is 14.1 Å². The molecule has 34 heavy (non-hydrogen) atoms. The van der Waals surface area contributed by atoms with E-state index in [0.717, 1.165) is 27.5 Å². The molecule has 0 saturated heterocycles. The van der Waals surface area contributed by atoms with Gasteiger partial charge >= 0.3 is 7.69 Å². The molecule has 6 nitrogen and oxygen atoms in total. The highest BCUT2D eigenvalue weighted by atomic mass is 16.5. The summed E-state index contributed by atoms with van der Waals surface area (Å²) < 4.78 is 11.4. The Hall–Kier alpha value is -4.49. The van der Waals surface area contributed by atoms with E-state index in [-0.39, 0.29) is 0 Å². The molecule has 161 valence electrons. The minimum Gasteiger partial charge on any atom is -0.535 e. The molecule has 0 saturated carbocycles. The van der Waals surface area contributed by atoms with Crippen LogP contribution in [0.25, 0.3) is 56.1 Å². The Bertz CT molecular complexity index is 1560. The maximum absolute atomic E-state index is 9.24. The third-order valence-electron chi connectivity index (χ3n) is 5.61. The minimum atomic E-state index is 0.401. The van der Waals surface area contributed by atoms with Crippen molar-refractivity contribution in [2.24, 2.45) is 0 Å². The first-order valence-corrected chi connectivity index (χ1v) is 10.8. The second-order valence-electron chi connectivity index (χ2n) is 7.68. The van der Waals surface area contributed by atoms with Gasteiger partial charge in [0.05, 0.1) is 0 Å². The fourth-order valence-corrected chi connectivity index (χ4v) is 4.07. The van der Waals surface area contributed by atoms with E-state index in [1.54, 1.807) is 6.07 Å². The molecule has 1 N–H and O–H groups in total. The van der Waals surface area contributed by atoms with Gasteiger partial charge in [0.15, 0.2) is 23.1 Å². The van der Waals surface area contributed by atoms with Gasteiger partial charge in [0.2, 0.25) is 0 Å². The molecule has 0 unspecified atom stereocenters. The molecule has 6 rings (SSSR count). The average molecular weight is 442 g/mol. The van der Waals surface area contributed by atoms with Crippen LogP contribution in [0.5, 0.6) is 5.75 Å². The minimum absolute atomic E-state index is 0.401. The summed E-state index contributed by atoms with van der Waals surface area (Å²) in [6, 6.07) is 31.0. The number of hydrogen-bond donors (Lipinski definition) is 1. The van der Waals surface area contributed by atoms with Gasteiger partial charge in [-0.2, -0.15) is 0 Å². The van der Waals surface area contributed by atoms with Crippen molar-refractivity contribution in [3.63, 3.8) is 0 Å². The molecule has 7 heteroatoms. The number of benzene rings is 4. The zero-order valence-corrected chi connectivity index (χ0v) is 17.9. The molecule has 2 aromatic heterocycles. The molecule has 2 heterocycles. The standard InChI is InChI=1S/C27H17BN3O3/c32-28-34-22-16-15-20(23-19-13-7-8-14-21(19)33-24(22)23)27-30-25(17-9-3-1-4-10-17)29-26(31-27)18-11-5-2-6-12-18/h1-16,32H.